The minimum absolute atomic E-state index is 0. The molecule has 0 aromatic carbocycles. The zero-order valence-electron chi connectivity index (χ0n) is 13.4. The van der Waals surface area contributed by atoms with Crippen LogP contribution < -0.4 is 16.0 Å². The number of nitrogens with zero attached hydrogens (tertiary/aromatic N) is 6. The van der Waals surface area contributed by atoms with Crippen LogP contribution in [0.4, 0.5) is 26.1 Å². The van der Waals surface area contributed by atoms with E-state index in [0.29, 0.717) is 5.69 Å². The van der Waals surface area contributed by atoms with Crippen molar-refractivity contribution in [1.82, 2.24) is 19.7 Å². The summed E-state index contributed by atoms with van der Waals surface area (Å²) in [5, 5.41) is 16.1. The number of aryl methyl sites for hydroxylation is 1. The largest absolute Gasteiger partial charge is 0.348 e. The fourth-order valence-electron chi connectivity index (χ4n) is 2.64. The minimum atomic E-state index is -2.88. The highest BCUT2D eigenvalue weighted by molar-refractivity contribution is 5.85. The minimum Gasteiger partial charge on any atom is -0.348 e. The molecule has 0 saturated carbocycles. The highest BCUT2D eigenvalue weighted by Crippen LogP contribution is 2.29. The normalized spacial score (nSPS) is 19.0. The molecular formula is C14H17ClF2N8. The van der Waals surface area contributed by atoms with E-state index in [0.717, 1.165) is 0 Å². The van der Waals surface area contributed by atoms with Crippen LogP contribution in [0.25, 0.3) is 0 Å². The fraction of sp³-hybridized carbons (Fsp3) is 0.429. The topological polar surface area (TPSA) is 109 Å². The van der Waals surface area contributed by atoms with Gasteiger partial charge in [-0.15, -0.1) is 12.4 Å². The summed E-state index contributed by atoms with van der Waals surface area (Å²) in [6.07, 6.45) is 4.20. The van der Waals surface area contributed by atoms with Gasteiger partial charge in [-0.2, -0.15) is 10.4 Å². The third-order valence-electron chi connectivity index (χ3n) is 3.60. The van der Waals surface area contributed by atoms with E-state index in [-0.39, 0.29) is 42.7 Å². The van der Waals surface area contributed by atoms with Gasteiger partial charge in [0.05, 0.1) is 24.6 Å². The zero-order chi connectivity index (χ0) is 17.3. The van der Waals surface area contributed by atoms with Gasteiger partial charge in [0.1, 0.15) is 11.9 Å². The molecule has 0 spiro atoms. The van der Waals surface area contributed by atoms with Crippen molar-refractivity contribution < 1.29 is 8.78 Å². The highest BCUT2D eigenvalue weighted by atomic mass is 35.5. The second-order valence-corrected chi connectivity index (χ2v) is 5.77. The Bertz CT molecular complexity index is 787. The third kappa shape index (κ3) is 4.32. The van der Waals surface area contributed by atoms with E-state index in [2.05, 4.69) is 20.4 Å². The molecule has 1 saturated heterocycles. The number of alkyl halides is 2. The average Bonchev–Trinajstić information content (AvgIpc) is 2.90. The summed E-state index contributed by atoms with van der Waals surface area (Å²) in [7, 11) is 1.75. The maximum Gasteiger partial charge on any atom is 0.266 e. The van der Waals surface area contributed by atoms with Crippen LogP contribution >= 0.6 is 12.4 Å². The van der Waals surface area contributed by atoms with Crippen LogP contribution in [0.5, 0.6) is 0 Å². The zero-order valence-corrected chi connectivity index (χ0v) is 14.2. The first-order valence-electron chi connectivity index (χ1n) is 7.27. The lowest BCUT2D eigenvalue weighted by Gasteiger charge is -2.36. The van der Waals surface area contributed by atoms with Gasteiger partial charge in [-0.3, -0.25) is 4.68 Å². The number of anilines is 3. The molecule has 1 unspecified atom stereocenters. The Labute approximate surface area is 149 Å². The number of halogens is 3. The van der Waals surface area contributed by atoms with Crippen LogP contribution in [-0.2, 0) is 7.05 Å². The molecule has 3 heterocycles. The summed E-state index contributed by atoms with van der Waals surface area (Å²) in [4.78, 5) is 9.67. The van der Waals surface area contributed by atoms with Crippen molar-refractivity contribution in [2.24, 2.45) is 12.8 Å². The van der Waals surface area contributed by atoms with Gasteiger partial charge < -0.3 is 16.0 Å². The van der Waals surface area contributed by atoms with Crippen molar-refractivity contribution in [2.45, 2.75) is 18.4 Å². The summed E-state index contributed by atoms with van der Waals surface area (Å²) < 4.78 is 29.1. The monoisotopic (exact) mass is 370 g/mol. The molecular weight excluding hydrogens is 354 g/mol. The maximum atomic E-state index is 13.7. The van der Waals surface area contributed by atoms with Gasteiger partial charge in [-0.1, -0.05) is 0 Å². The molecule has 25 heavy (non-hydrogen) atoms. The van der Waals surface area contributed by atoms with E-state index in [1.54, 1.807) is 24.1 Å². The van der Waals surface area contributed by atoms with Gasteiger partial charge in [0.15, 0.2) is 11.5 Å². The van der Waals surface area contributed by atoms with Gasteiger partial charge in [0.25, 0.3) is 5.92 Å². The van der Waals surface area contributed by atoms with Crippen molar-refractivity contribution in [2.75, 3.05) is 23.3 Å². The number of nitrogens with two attached hydrogens (primary N) is 1. The van der Waals surface area contributed by atoms with E-state index in [4.69, 9.17) is 11.0 Å². The molecule has 3 rings (SSSR count). The molecule has 8 nitrogen and oxygen atoms in total. The van der Waals surface area contributed by atoms with E-state index in [1.807, 2.05) is 6.07 Å². The summed E-state index contributed by atoms with van der Waals surface area (Å²) in [6, 6.07) is 1.27. The number of hydrogen-bond acceptors (Lipinski definition) is 7. The number of rotatable bonds is 3. The molecule has 1 atom stereocenters. The summed E-state index contributed by atoms with van der Waals surface area (Å²) in [6.45, 7) is -0.226. The van der Waals surface area contributed by atoms with Crippen molar-refractivity contribution >= 4 is 29.7 Å². The Morgan fingerprint density at radius 3 is 2.80 bits per heavy atom. The maximum absolute atomic E-state index is 13.7. The van der Waals surface area contributed by atoms with Gasteiger partial charge in [-0.25, -0.2) is 18.7 Å². The van der Waals surface area contributed by atoms with Crippen molar-refractivity contribution in [3.63, 3.8) is 0 Å². The van der Waals surface area contributed by atoms with Crippen LogP contribution in [0.2, 0.25) is 0 Å². The smallest absolute Gasteiger partial charge is 0.266 e. The highest BCUT2D eigenvalue weighted by Gasteiger charge is 2.39. The Morgan fingerprint density at radius 2 is 2.20 bits per heavy atom. The van der Waals surface area contributed by atoms with Crippen LogP contribution in [0, 0.1) is 11.3 Å². The number of nitrogens with one attached hydrogen (secondary N) is 1. The van der Waals surface area contributed by atoms with Crippen LogP contribution in [0.1, 0.15) is 12.1 Å². The number of aromatic nitrogens is 4. The van der Waals surface area contributed by atoms with E-state index < -0.39 is 18.5 Å². The van der Waals surface area contributed by atoms with Gasteiger partial charge in [0.2, 0.25) is 0 Å². The van der Waals surface area contributed by atoms with Gasteiger partial charge >= 0.3 is 0 Å². The molecule has 0 radical (unpaired) electrons. The van der Waals surface area contributed by atoms with Gasteiger partial charge in [0, 0.05) is 32.3 Å². The Hall–Kier alpha value is -2.51. The van der Waals surface area contributed by atoms with Gasteiger partial charge in [-0.05, 0) is 0 Å². The quantitative estimate of drug-likeness (QED) is 0.840. The molecule has 0 bridgehead atoms. The molecule has 1 aliphatic heterocycles. The molecule has 3 N–H and O–H groups in total. The molecule has 1 fully saturated rings. The lowest BCUT2D eigenvalue weighted by Crippen LogP contribution is -2.52. The Kier molecular flexibility index (Phi) is 5.39. The molecule has 2 aromatic rings. The van der Waals surface area contributed by atoms with Crippen LogP contribution in [0.3, 0.4) is 0 Å². The van der Waals surface area contributed by atoms with E-state index in [9.17, 15) is 8.78 Å². The number of piperidine rings is 1. The molecule has 134 valence electrons. The second-order valence-electron chi connectivity index (χ2n) is 5.77. The Balaban J connectivity index is 0.00000225. The first-order valence-corrected chi connectivity index (χ1v) is 7.27. The van der Waals surface area contributed by atoms with Crippen molar-refractivity contribution in [3.05, 3.63) is 24.3 Å². The molecule has 0 aliphatic carbocycles. The standard InChI is InChI=1S/C14H16F2N8.ClH/c1-23-7-10(4-20-23)21-13-11(3-17)19-5-12(22-13)24-6-9(18)2-14(15,16)8-24;/h4-5,7,9H,2,6,8,18H2,1H3,(H,21,22);1H. The second kappa shape index (κ2) is 7.16. The average molecular weight is 371 g/mol. The summed E-state index contributed by atoms with van der Waals surface area (Å²) in [5.74, 6) is -2.45. The fourth-order valence-corrected chi connectivity index (χ4v) is 2.64. The SMILES string of the molecule is Cl.Cn1cc(Nc2nc(N3CC(N)CC(F)(F)C3)cnc2C#N)cn1. The number of nitriles is 1. The molecule has 0 amide bonds. The predicted octanol–water partition coefficient (Wildman–Crippen LogP) is 1.42. The van der Waals surface area contributed by atoms with Crippen LogP contribution in [-0.4, -0.2) is 44.8 Å². The Morgan fingerprint density at radius 1 is 1.44 bits per heavy atom. The molecule has 1 aliphatic rings. The summed E-state index contributed by atoms with van der Waals surface area (Å²) in [5.41, 5.74) is 6.39. The lowest BCUT2D eigenvalue weighted by atomic mass is 10.0. The van der Waals surface area contributed by atoms with E-state index in [1.165, 1.54) is 11.1 Å². The van der Waals surface area contributed by atoms with Crippen molar-refractivity contribution in [3.8, 4) is 6.07 Å². The molecule has 2 aromatic heterocycles. The summed E-state index contributed by atoms with van der Waals surface area (Å²) >= 11 is 0. The van der Waals surface area contributed by atoms with E-state index >= 15 is 0 Å². The third-order valence-corrected chi connectivity index (χ3v) is 3.60. The van der Waals surface area contributed by atoms with Crippen molar-refractivity contribution in [1.29, 1.82) is 5.26 Å². The number of hydrogen-bond donors (Lipinski definition) is 2. The lowest BCUT2D eigenvalue weighted by molar-refractivity contribution is -0.0174. The first kappa shape index (κ1) is 18.8. The first-order chi connectivity index (χ1) is 11.4. The van der Waals surface area contributed by atoms with Crippen LogP contribution in [0.15, 0.2) is 18.6 Å². The predicted molar refractivity (Wildman–Crippen MR) is 90.2 cm³/mol. The molecule has 11 heteroatoms.